The molecule has 2 aromatic carbocycles. The van der Waals surface area contributed by atoms with E-state index >= 15 is 0 Å². The minimum absolute atomic E-state index is 0.00644. The van der Waals surface area contributed by atoms with Crippen LogP contribution in [-0.2, 0) is 22.4 Å². The Hall–Kier alpha value is -2.62. The molecule has 0 bridgehead atoms. The lowest BCUT2D eigenvalue weighted by molar-refractivity contribution is -0.116. The summed E-state index contributed by atoms with van der Waals surface area (Å²) in [6, 6.07) is 15.0. The fourth-order valence-electron chi connectivity index (χ4n) is 1.75. The number of benzene rings is 2. The Labute approximate surface area is 143 Å². The zero-order valence-corrected chi connectivity index (χ0v) is 14.7. The molecule has 0 amide bonds. The van der Waals surface area contributed by atoms with Gasteiger partial charge >= 0.3 is 0 Å². The van der Waals surface area contributed by atoms with E-state index in [1.54, 1.807) is 6.07 Å². The molecule has 0 radical (unpaired) electrons. The van der Waals surface area contributed by atoms with Gasteiger partial charge in [0.05, 0.1) is 0 Å². The van der Waals surface area contributed by atoms with Crippen LogP contribution in [0.5, 0.6) is 11.5 Å². The minimum atomic E-state index is -0.0186. The summed E-state index contributed by atoms with van der Waals surface area (Å²) >= 11 is 0. The monoisotopic (exact) mass is 330 g/mol. The third kappa shape index (κ3) is 10.2. The first-order valence-electron chi connectivity index (χ1n) is 7.78. The first-order valence-corrected chi connectivity index (χ1v) is 7.78. The van der Waals surface area contributed by atoms with Crippen LogP contribution >= 0.6 is 0 Å². The van der Waals surface area contributed by atoms with Crippen LogP contribution in [0.1, 0.15) is 38.8 Å². The van der Waals surface area contributed by atoms with Crippen molar-refractivity contribution in [2.45, 2.75) is 40.5 Å². The lowest BCUT2D eigenvalue weighted by Gasteiger charge is -2.07. The van der Waals surface area contributed by atoms with Crippen LogP contribution in [0.4, 0.5) is 0 Å². The quantitative estimate of drug-likeness (QED) is 0.889. The summed E-state index contributed by atoms with van der Waals surface area (Å²) in [4.78, 5) is 20.3. The Morgan fingerprint density at radius 1 is 0.792 bits per heavy atom. The van der Waals surface area contributed by atoms with E-state index in [1.165, 1.54) is 26.8 Å². The zero-order valence-electron chi connectivity index (χ0n) is 14.7. The van der Waals surface area contributed by atoms with Crippen LogP contribution in [0, 0.1) is 0 Å². The van der Waals surface area contributed by atoms with E-state index in [2.05, 4.69) is 0 Å². The van der Waals surface area contributed by atoms with Gasteiger partial charge in [0.1, 0.15) is 23.1 Å². The highest BCUT2D eigenvalue weighted by molar-refractivity contribution is 5.79. The van der Waals surface area contributed by atoms with E-state index in [0.29, 0.717) is 12.0 Å². The molecule has 0 atom stereocenters. The molecular formula is C20H26O4. The summed E-state index contributed by atoms with van der Waals surface area (Å²) in [7, 11) is 0. The van der Waals surface area contributed by atoms with Gasteiger partial charge in [0, 0.05) is 18.1 Å². The second kappa shape index (κ2) is 11.9. The largest absolute Gasteiger partial charge is 0.508 e. The van der Waals surface area contributed by atoms with Crippen LogP contribution in [0.25, 0.3) is 0 Å². The smallest absolute Gasteiger partial charge is 0.134 e. The third-order valence-electron chi connectivity index (χ3n) is 2.77. The number of aryl methyl sites for hydroxylation is 1. The van der Waals surface area contributed by atoms with Gasteiger partial charge in [0.2, 0.25) is 0 Å². The standard InChI is InChI=1S/C11H14O3.C6H6.C3H6O/c1-3-8-5-9(4-7(2)12)11(14)6-10(8)13;1-2-4-6-5-3-1;1-3(2)4/h5-6,13-14H,3-4H2,1-2H3;1-6H;1-2H3. The SMILES string of the molecule is CC(C)=O.CCc1cc(CC(C)=O)c(O)cc1O.c1ccccc1. The first-order chi connectivity index (χ1) is 11.3. The molecule has 2 N–H and O–H groups in total. The van der Waals surface area contributed by atoms with Gasteiger partial charge in [0.15, 0.2) is 0 Å². The van der Waals surface area contributed by atoms with Crippen molar-refractivity contribution in [2.75, 3.05) is 0 Å². The second-order valence-corrected chi connectivity index (χ2v) is 5.40. The lowest BCUT2D eigenvalue weighted by Crippen LogP contribution is -1.98. The molecular weight excluding hydrogens is 304 g/mol. The minimum Gasteiger partial charge on any atom is -0.508 e. The highest BCUT2D eigenvalue weighted by Crippen LogP contribution is 2.28. The predicted molar refractivity (Wildman–Crippen MR) is 96.3 cm³/mol. The van der Waals surface area contributed by atoms with Crippen molar-refractivity contribution in [3.63, 3.8) is 0 Å². The molecule has 24 heavy (non-hydrogen) atoms. The van der Waals surface area contributed by atoms with Gasteiger partial charge in [-0.3, -0.25) is 4.79 Å². The van der Waals surface area contributed by atoms with E-state index < -0.39 is 0 Å². The molecule has 0 spiro atoms. The molecule has 0 aliphatic heterocycles. The molecule has 0 unspecified atom stereocenters. The van der Waals surface area contributed by atoms with E-state index in [-0.39, 0.29) is 29.5 Å². The van der Waals surface area contributed by atoms with E-state index in [0.717, 1.165) is 5.56 Å². The number of rotatable bonds is 3. The van der Waals surface area contributed by atoms with E-state index in [4.69, 9.17) is 0 Å². The summed E-state index contributed by atoms with van der Waals surface area (Å²) in [6.07, 6.45) is 0.885. The molecule has 0 aromatic heterocycles. The molecule has 2 rings (SSSR count). The summed E-state index contributed by atoms with van der Waals surface area (Å²) in [5, 5.41) is 18.9. The molecule has 0 aliphatic carbocycles. The molecule has 130 valence electrons. The molecule has 0 saturated carbocycles. The molecule has 0 saturated heterocycles. The summed E-state index contributed by atoms with van der Waals surface area (Å²) in [5.41, 5.74) is 1.33. The Balaban J connectivity index is 0.000000433. The lowest BCUT2D eigenvalue weighted by atomic mass is 10.0. The van der Waals surface area contributed by atoms with Gasteiger partial charge in [-0.05, 0) is 38.8 Å². The van der Waals surface area contributed by atoms with Crippen LogP contribution in [-0.4, -0.2) is 21.8 Å². The van der Waals surface area contributed by atoms with Gasteiger partial charge in [0.25, 0.3) is 0 Å². The number of hydrogen-bond donors (Lipinski definition) is 2. The highest BCUT2D eigenvalue weighted by Gasteiger charge is 2.08. The van der Waals surface area contributed by atoms with Crippen molar-refractivity contribution in [2.24, 2.45) is 0 Å². The average Bonchev–Trinajstić information content (AvgIpc) is 2.51. The van der Waals surface area contributed by atoms with Crippen molar-refractivity contribution in [3.05, 3.63) is 59.7 Å². The molecule has 4 heteroatoms. The van der Waals surface area contributed by atoms with Crippen molar-refractivity contribution < 1.29 is 19.8 Å². The Morgan fingerprint density at radius 3 is 1.50 bits per heavy atom. The third-order valence-corrected chi connectivity index (χ3v) is 2.77. The number of carbonyl (C=O) groups excluding carboxylic acids is 2. The second-order valence-electron chi connectivity index (χ2n) is 5.40. The Morgan fingerprint density at radius 2 is 1.17 bits per heavy atom. The Bertz CT molecular complexity index is 603. The number of carbonyl (C=O) groups is 2. The van der Waals surface area contributed by atoms with Crippen molar-refractivity contribution in [1.82, 2.24) is 0 Å². The number of Topliss-reactive ketones (excluding diaryl/α,β-unsaturated/α-hetero) is 2. The molecule has 2 aromatic rings. The zero-order chi connectivity index (χ0) is 18.5. The first kappa shape index (κ1) is 21.4. The maximum atomic E-state index is 10.9. The molecule has 4 nitrogen and oxygen atoms in total. The van der Waals surface area contributed by atoms with Gasteiger partial charge in [-0.15, -0.1) is 0 Å². The average molecular weight is 330 g/mol. The van der Waals surface area contributed by atoms with Crippen LogP contribution < -0.4 is 0 Å². The van der Waals surface area contributed by atoms with Gasteiger partial charge < -0.3 is 15.0 Å². The van der Waals surface area contributed by atoms with Gasteiger partial charge in [-0.1, -0.05) is 43.3 Å². The number of ketones is 2. The molecule has 0 heterocycles. The fourth-order valence-corrected chi connectivity index (χ4v) is 1.75. The number of phenols is 2. The van der Waals surface area contributed by atoms with Crippen LogP contribution in [0.15, 0.2) is 48.5 Å². The molecule has 0 aliphatic rings. The fraction of sp³-hybridized carbons (Fsp3) is 0.300. The topological polar surface area (TPSA) is 74.6 Å². The highest BCUT2D eigenvalue weighted by atomic mass is 16.3. The van der Waals surface area contributed by atoms with E-state index in [9.17, 15) is 19.8 Å². The van der Waals surface area contributed by atoms with Crippen LogP contribution in [0.2, 0.25) is 0 Å². The van der Waals surface area contributed by atoms with E-state index in [1.807, 2.05) is 43.3 Å². The van der Waals surface area contributed by atoms with Crippen molar-refractivity contribution >= 4 is 11.6 Å². The van der Waals surface area contributed by atoms with Crippen LogP contribution in [0.3, 0.4) is 0 Å². The molecule has 0 fully saturated rings. The number of phenolic OH excluding ortho intramolecular Hbond substituents is 2. The normalized spacial score (nSPS) is 9.00. The summed E-state index contributed by atoms with van der Waals surface area (Å²) in [6.45, 7) is 6.43. The summed E-state index contributed by atoms with van der Waals surface area (Å²) in [5.74, 6) is 0.222. The number of aromatic hydroxyl groups is 2. The maximum absolute atomic E-state index is 10.9. The van der Waals surface area contributed by atoms with Gasteiger partial charge in [-0.2, -0.15) is 0 Å². The van der Waals surface area contributed by atoms with Crippen molar-refractivity contribution in [3.8, 4) is 11.5 Å². The predicted octanol–water partition coefficient (Wildman–Crippen LogP) is 4.07. The summed E-state index contributed by atoms with van der Waals surface area (Å²) < 4.78 is 0. The Kier molecular flexibility index (Phi) is 10.6. The van der Waals surface area contributed by atoms with Crippen molar-refractivity contribution in [1.29, 1.82) is 0 Å². The van der Waals surface area contributed by atoms with Gasteiger partial charge in [-0.25, -0.2) is 0 Å². The maximum Gasteiger partial charge on any atom is 0.134 e. The number of hydrogen-bond acceptors (Lipinski definition) is 4.